The van der Waals surface area contributed by atoms with E-state index in [1.807, 2.05) is 11.8 Å². The van der Waals surface area contributed by atoms with Gasteiger partial charge in [0.1, 0.15) is 5.54 Å². The molecule has 0 aliphatic heterocycles. The summed E-state index contributed by atoms with van der Waals surface area (Å²) in [6.45, 7) is 6.03. The minimum Gasteiger partial charge on any atom is -0.465 e. The number of thioether (sulfide) groups is 1. The summed E-state index contributed by atoms with van der Waals surface area (Å²) < 4.78 is 4.98. The second kappa shape index (κ2) is 8.32. The Bertz CT molecular complexity index is 432. The van der Waals surface area contributed by atoms with Crippen molar-refractivity contribution in [1.29, 1.82) is 0 Å². The number of carbonyl (C=O) groups is 1. The van der Waals surface area contributed by atoms with Crippen molar-refractivity contribution < 1.29 is 9.53 Å². The predicted molar refractivity (Wildman–Crippen MR) is 85.0 cm³/mol. The van der Waals surface area contributed by atoms with E-state index < -0.39 is 5.54 Å². The summed E-state index contributed by atoms with van der Waals surface area (Å²) in [7, 11) is 0. The van der Waals surface area contributed by atoms with Crippen LogP contribution in [0.5, 0.6) is 0 Å². The van der Waals surface area contributed by atoms with Crippen molar-refractivity contribution in [3.63, 3.8) is 0 Å². The number of ether oxygens (including phenoxy) is 1. The molecule has 1 unspecified atom stereocenters. The zero-order chi connectivity index (χ0) is 15.0. The fourth-order valence-electron chi connectivity index (χ4n) is 1.89. The Kier molecular flexibility index (Phi) is 7.10. The lowest BCUT2D eigenvalue weighted by atomic mass is 9.96. The fraction of sp³-hybridized carbons (Fsp3) is 0.562. The third-order valence-corrected chi connectivity index (χ3v) is 4.17. The summed E-state index contributed by atoms with van der Waals surface area (Å²) in [4.78, 5) is 12.9. The Morgan fingerprint density at radius 1 is 1.40 bits per heavy atom. The van der Waals surface area contributed by atoms with E-state index in [-0.39, 0.29) is 5.97 Å². The van der Waals surface area contributed by atoms with Gasteiger partial charge in [-0.2, -0.15) is 0 Å². The maximum absolute atomic E-state index is 11.6. The topological polar surface area (TPSA) is 52.3 Å². The molecule has 0 saturated heterocycles. The molecule has 1 atom stereocenters. The Labute approximate surface area is 126 Å². The molecule has 0 aliphatic rings. The van der Waals surface area contributed by atoms with Gasteiger partial charge in [-0.25, -0.2) is 0 Å². The van der Waals surface area contributed by atoms with Crippen molar-refractivity contribution >= 4 is 17.7 Å². The van der Waals surface area contributed by atoms with Gasteiger partial charge < -0.3 is 10.5 Å². The molecule has 0 radical (unpaired) electrons. The highest BCUT2D eigenvalue weighted by atomic mass is 32.2. The monoisotopic (exact) mass is 295 g/mol. The van der Waals surface area contributed by atoms with Crippen LogP contribution >= 0.6 is 11.8 Å². The van der Waals surface area contributed by atoms with Gasteiger partial charge in [0.2, 0.25) is 0 Å². The van der Waals surface area contributed by atoms with E-state index in [0.29, 0.717) is 13.0 Å². The Hall–Kier alpha value is -1.00. The van der Waals surface area contributed by atoms with Gasteiger partial charge in [0, 0.05) is 4.90 Å². The molecule has 1 rings (SSSR count). The molecule has 3 nitrogen and oxygen atoms in total. The van der Waals surface area contributed by atoms with E-state index in [9.17, 15) is 4.79 Å². The number of aryl methyl sites for hydroxylation is 1. The Morgan fingerprint density at radius 2 is 2.15 bits per heavy atom. The van der Waals surface area contributed by atoms with Crippen LogP contribution in [0.3, 0.4) is 0 Å². The van der Waals surface area contributed by atoms with Crippen molar-refractivity contribution in [1.82, 2.24) is 0 Å². The number of hydrogen-bond acceptors (Lipinski definition) is 4. The van der Waals surface area contributed by atoms with Gasteiger partial charge in [-0.05, 0) is 51.5 Å². The summed E-state index contributed by atoms with van der Waals surface area (Å²) >= 11 is 1.85. The highest BCUT2D eigenvalue weighted by molar-refractivity contribution is 7.99. The van der Waals surface area contributed by atoms with E-state index in [0.717, 1.165) is 18.6 Å². The molecule has 0 fully saturated rings. The lowest BCUT2D eigenvalue weighted by Gasteiger charge is -2.21. The lowest BCUT2D eigenvalue weighted by Crippen LogP contribution is -2.46. The maximum Gasteiger partial charge on any atom is 0.325 e. The average molecular weight is 295 g/mol. The predicted octanol–water partition coefficient (Wildman–Crippen LogP) is 3.54. The largest absolute Gasteiger partial charge is 0.465 e. The van der Waals surface area contributed by atoms with Crippen molar-refractivity contribution in [3.8, 4) is 0 Å². The average Bonchev–Trinajstić information content (AvgIpc) is 2.38. The van der Waals surface area contributed by atoms with E-state index in [2.05, 4.69) is 31.2 Å². The highest BCUT2D eigenvalue weighted by Gasteiger charge is 2.28. The molecule has 1 aromatic carbocycles. The third kappa shape index (κ3) is 5.97. The second-order valence-electron chi connectivity index (χ2n) is 5.26. The molecule has 0 bridgehead atoms. The van der Waals surface area contributed by atoms with Gasteiger partial charge in [-0.3, -0.25) is 4.79 Å². The molecule has 112 valence electrons. The molecule has 0 spiro atoms. The first-order chi connectivity index (χ1) is 9.45. The van der Waals surface area contributed by atoms with Crippen LogP contribution in [-0.4, -0.2) is 23.9 Å². The number of rotatable bonds is 8. The van der Waals surface area contributed by atoms with Crippen LogP contribution in [0.4, 0.5) is 0 Å². The Balaban J connectivity index is 2.23. The summed E-state index contributed by atoms with van der Waals surface area (Å²) in [5.41, 5.74) is 6.41. The van der Waals surface area contributed by atoms with Crippen LogP contribution in [0, 0.1) is 6.92 Å². The first-order valence-corrected chi connectivity index (χ1v) is 8.10. The lowest BCUT2D eigenvalue weighted by molar-refractivity contribution is -0.149. The molecule has 20 heavy (non-hydrogen) atoms. The highest BCUT2D eigenvalue weighted by Crippen LogP contribution is 2.21. The van der Waals surface area contributed by atoms with Crippen LogP contribution in [-0.2, 0) is 9.53 Å². The van der Waals surface area contributed by atoms with Gasteiger partial charge in [0.05, 0.1) is 6.61 Å². The van der Waals surface area contributed by atoms with E-state index in [1.165, 1.54) is 10.5 Å². The molecular weight excluding hydrogens is 270 g/mol. The molecule has 0 amide bonds. The first-order valence-electron chi connectivity index (χ1n) is 7.11. The van der Waals surface area contributed by atoms with Crippen LogP contribution in [0.25, 0.3) is 0 Å². The summed E-state index contributed by atoms with van der Waals surface area (Å²) in [6, 6.07) is 8.50. The molecule has 0 aromatic heterocycles. The van der Waals surface area contributed by atoms with Gasteiger partial charge in [0.25, 0.3) is 0 Å². The van der Waals surface area contributed by atoms with Crippen LogP contribution in [0.2, 0.25) is 0 Å². The molecule has 1 aromatic rings. The van der Waals surface area contributed by atoms with Gasteiger partial charge in [-0.1, -0.05) is 24.1 Å². The summed E-state index contributed by atoms with van der Waals surface area (Å²) in [5.74, 6) is 0.744. The molecule has 0 saturated carbocycles. The van der Waals surface area contributed by atoms with E-state index in [4.69, 9.17) is 10.5 Å². The minimum atomic E-state index is -0.857. The quantitative estimate of drug-likeness (QED) is 0.453. The van der Waals surface area contributed by atoms with Gasteiger partial charge >= 0.3 is 5.97 Å². The zero-order valence-electron chi connectivity index (χ0n) is 12.6. The molecule has 0 aliphatic carbocycles. The van der Waals surface area contributed by atoms with Crippen LogP contribution in [0.1, 0.15) is 38.7 Å². The standard InChI is InChI=1S/C16H25NO2S/c1-4-19-15(18)16(3,17)10-5-6-11-20-14-9-7-8-13(2)12-14/h7-9,12H,4-6,10-11,17H2,1-3H3. The molecule has 2 N–H and O–H groups in total. The van der Waals surface area contributed by atoms with E-state index in [1.54, 1.807) is 13.8 Å². The number of nitrogens with two attached hydrogens (primary N) is 1. The number of benzene rings is 1. The normalized spacial score (nSPS) is 13.8. The van der Waals surface area contributed by atoms with Crippen molar-refractivity contribution in [3.05, 3.63) is 29.8 Å². The van der Waals surface area contributed by atoms with Gasteiger partial charge in [0.15, 0.2) is 0 Å². The maximum atomic E-state index is 11.6. The second-order valence-corrected chi connectivity index (χ2v) is 6.43. The molecular formula is C16H25NO2S. The SMILES string of the molecule is CCOC(=O)C(C)(N)CCCCSc1cccc(C)c1. The summed E-state index contributed by atoms with van der Waals surface area (Å²) in [5, 5.41) is 0. The Morgan fingerprint density at radius 3 is 2.80 bits per heavy atom. The zero-order valence-corrected chi connectivity index (χ0v) is 13.5. The third-order valence-electron chi connectivity index (χ3n) is 3.09. The number of carbonyl (C=O) groups excluding carboxylic acids is 1. The van der Waals surface area contributed by atoms with Crippen molar-refractivity contribution in [2.24, 2.45) is 5.73 Å². The fourth-order valence-corrected chi connectivity index (χ4v) is 2.92. The van der Waals surface area contributed by atoms with E-state index >= 15 is 0 Å². The minimum absolute atomic E-state index is 0.300. The number of hydrogen-bond donors (Lipinski definition) is 1. The molecule has 4 heteroatoms. The smallest absolute Gasteiger partial charge is 0.325 e. The van der Waals surface area contributed by atoms with Crippen LogP contribution in [0.15, 0.2) is 29.2 Å². The number of esters is 1. The number of unbranched alkanes of at least 4 members (excludes halogenated alkanes) is 1. The first kappa shape index (κ1) is 17.1. The summed E-state index contributed by atoms with van der Waals surface area (Å²) in [6.07, 6.45) is 2.65. The van der Waals surface area contributed by atoms with Crippen molar-refractivity contribution in [2.45, 2.75) is 50.5 Å². The van der Waals surface area contributed by atoms with Gasteiger partial charge in [-0.15, -0.1) is 11.8 Å². The van der Waals surface area contributed by atoms with Crippen LogP contribution < -0.4 is 5.73 Å². The molecule has 0 heterocycles. The van der Waals surface area contributed by atoms with Crippen molar-refractivity contribution in [2.75, 3.05) is 12.4 Å².